The molecule has 0 atom stereocenters. The third kappa shape index (κ3) is 2.10. The second-order valence-electron chi connectivity index (χ2n) is 4.61. The maximum atomic E-state index is 6.25. The highest BCUT2D eigenvalue weighted by molar-refractivity contribution is 6.31. The van der Waals surface area contributed by atoms with Gasteiger partial charge in [-0.2, -0.15) is 0 Å². The van der Waals surface area contributed by atoms with Crippen LogP contribution in [-0.2, 0) is 0 Å². The molecule has 0 amide bonds. The number of benzene rings is 1. The Kier molecular flexibility index (Phi) is 3.24. The van der Waals surface area contributed by atoms with Crippen LogP contribution in [0.4, 0.5) is 5.82 Å². The molecule has 1 aromatic carbocycles. The lowest BCUT2D eigenvalue weighted by atomic mass is 10.1. The van der Waals surface area contributed by atoms with Crippen LogP contribution < -0.4 is 4.90 Å². The molecule has 0 saturated carbocycles. The summed E-state index contributed by atoms with van der Waals surface area (Å²) in [7, 11) is 0. The van der Waals surface area contributed by atoms with Crippen molar-refractivity contribution in [1.29, 1.82) is 0 Å². The summed E-state index contributed by atoms with van der Waals surface area (Å²) in [5.74, 6) is 1.03. The fourth-order valence-corrected chi connectivity index (χ4v) is 2.74. The van der Waals surface area contributed by atoms with Gasteiger partial charge in [0.1, 0.15) is 6.33 Å². The van der Waals surface area contributed by atoms with Crippen molar-refractivity contribution in [2.45, 2.75) is 19.3 Å². The monoisotopic (exact) mass is 261 g/mol. The van der Waals surface area contributed by atoms with Crippen molar-refractivity contribution >= 4 is 17.4 Å². The number of rotatable bonds is 2. The SMILES string of the molecule is Clc1ncn(-c2ccccc2)c1N1CCCCC1. The van der Waals surface area contributed by atoms with Gasteiger partial charge in [0, 0.05) is 18.8 Å². The minimum Gasteiger partial charge on any atom is -0.355 e. The Labute approximate surface area is 112 Å². The van der Waals surface area contributed by atoms with Crippen LogP contribution in [0, 0.1) is 0 Å². The highest BCUT2D eigenvalue weighted by Crippen LogP contribution is 2.29. The van der Waals surface area contributed by atoms with Crippen molar-refractivity contribution in [2.24, 2.45) is 0 Å². The summed E-state index contributed by atoms with van der Waals surface area (Å²) in [6.07, 6.45) is 5.59. The molecular weight excluding hydrogens is 246 g/mol. The summed E-state index contributed by atoms with van der Waals surface area (Å²) in [5.41, 5.74) is 1.11. The number of nitrogens with zero attached hydrogens (tertiary/aromatic N) is 3. The Hall–Kier alpha value is -1.48. The van der Waals surface area contributed by atoms with Crippen molar-refractivity contribution in [3.05, 3.63) is 41.8 Å². The average molecular weight is 262 g/mol. The normalized spacial score (nSPS) is 15.9. The van der Waals surface area contributed by atoms with Gasteiger partial charge in [-0.1, -0.05) is 29.8 Å². The van der Waals surface area contributed by atoms with E-state index in [0.717, 1.165) is 24.6 Å². The standard InChI is InChI=1S/C14H16ClN3/c15-13-14(17-9-5-2-6-10-17)18(11-16-13)12-7-3-1-4-8-12/h1,3-4,7-8,11H,2,5-6,9-10H2. The average Bonchev–Trinajstić information content (AvgIpc) is 2.83. The van der Waals surface area contributed by atoms with Crippen molar-refractivity contribution < 1.29 is 0 Å². The topological polar surface area (TPSA) is 21.1 Å². The van der Waals surface area contributed by atoms with Gasteiger partial charge in [0.15, 0.2) is 11.0 Å². The molecule has 94 valence electrons. The zero-order valence-corrected chi connectivity index (χ0v) is 11.0. The molecule has 0 aliphatic carbocycles. The molecule has 3 rings (SSSR count). The van der Waals surface area contributed by atoms with Gasteiger partial charge in [0.25, 0.3) is 0 Å². The number of hydrogen-bond donors (Lipinski definition) is 0. The molecule has 18 heavy (non-hydrogen) atoms. The van der Waals surface area contributed by atoms with Crippen LogP contribution in [0.2, 0.25) is 5.15 Å². The molecule has 1 aliphatic heterocycles. The molecule has 1 aromatic heterocycles. The van der Waals surface area contributed by atoms with Crippen LogP contribution in [-0.4, -0.2) is 22.6 Å². The molecule has 0 N–H and O–H groups in total. The third-order valence-corrected chi connectivity index (χ3v) is 3.66. The van der Waals surface area contributed by atoms with Gasteiger partial charge in [-0.15, -0.1) is 0 Å². The van der Waals surface area contributed by atoms with Gasteiger partial charge < -0.3 is 4.90 Å². The maximum absolute atomic E-state index is 6.25. The summed E-state index contributed by atoms with van der Waals surface area (Å²) in [4.78, 5) is 6.59. The van der Waals surface area contributed by atoms with E-state index in [-0.39, 0.29) is 0 Å². The number of hydrogen-bond acceptors (Lipinski definition) is 2. The molecule has 2 heterocycles. The first-order valence-corrected chi connectivity index (χ1v) is 6.77. The minimum absolute atomic E-state index is 0.598. The maximum Gasteiger partial charge on any atom is 0.171 e. The molecule has 4 heteroatoms. The predicted octanol–water partition coefficient (Wildman–Crippen LogP) is 3.52. The van der Waals surface area contributed by atoms with Crippen LogP contribution in [0.5, 0.6) is 0 Å². The third-order valence-electron chi connectivity index (χ3n) is 3.39. The summed E-state index contributed by atoms with van der Waals surface area (Å²) in [6.45, 7) is 2.14. The van der Waals surface area contributed by atoms with Crippen LogP contribution in [0.15, 0.2) is 36.7 Å². The van der Waals surface area contributed by atoms with E-state index >= 15 is 0 Å². The Balaban J connectivity index is 2.01. The summed E-state index contributed by atoms with van der Waals surface area (Å²) in [5, 5.41) is 0.598. The molecule has 0 unspecified atom stereocenters. The molecule has 0 bridgehead atoms. The quantitative estimate of drug-likeness (QED) is 0.825. The van der Waals surface area contributed by atoms with Gasteiger partial charge in [-0.3, -0.25) is 4.57 Å². The van der Waals surface area contributed by atoms with E-state index in [1.165, 1.54) is 19.3 Å². The fourth-order valence-electron chi connectivity index (χ4n) is 2.49. The van der Waals surface area contributed by atoms with Gasteiger partial charge in [-0.05, 0) is 31.4 Å². The van der Waals surface area contributed by atoms with Gasteiger partial charge in [0.2, 0.25) is 0 Å². The van der Waals surface area contributed by atoms with Crippen LogP contribution in [0.25, 0.3) is 5.69 Å². The number of halogens is 1. The smallest absolute Gasteiger partial charge is 0.171 e. The first-order chi connectivity index (χ1) is 8.86. The molecule has 1 saturated heterocycles. The van der Waals surface area contributed by atoms with Crippen LogP contribution in [0.1, 0.15) is 19.3 Å². The molecule has 2 aromatic rings. The van der Waals surface area contributed by atoms with E-state index in [4.69, 9.17) is 11.6 Å². The zero-order valence-electron chi connectivity index (χ0n) is 10.2. The summed E-state index contributed by atoms with van der Waals surface area (Å²) < 4.78 is 2.08. The van der Waals surface area contributed by atoms with Crippen LogP contribution in [0.3, 0.4) is 0 Å². The predicted molar refractivity (Wildman–Crippen MR) is 74.6 cm³/mol. The molecule has 0 spiro atoms. The first kappa shape index (κ1) is 11.6. The zero-order chi connectivity index (χ0) is 12.4. The molecule has 1 aliphatic rings. The lowest BCUT2D eigenvalue weighted by molar-refractivity contribution is 0.571. The highest BCUT2D eigenvalue weighted by Gasteiger charge is 2.19. The number of imidazole rings is 1. The van der Waals surface area contributed by atoms with E-state index < -0.39 is 0 Å². The van der Waals surface area contributed by atoms with E-state index in [9.17, 15) is 0 Å². The van der Waals surface area contributed by atoms with Crippen molar-refractivity contribution in [1.82, 2.24) is 9.55 Å². The Morgan fingerprint density at radius 2 is 1.72 bits per heavy atom. The lowest BCUT2D eigenvalue weighted by Gasteiger charge is -2.29. The molecular formula is C14H16ClN3. The van der Waals surface area contributed by atoms with E-state index in [0.29, 0.717) is 5.15 Å². The van der Waals surface area contributed by atoms with Gasteiger partial charge >= 0.3 is 0 Å². The Morgan fingerprint density at radius 3 is 2.44 bits per heavy atom. The fraction of sp³-hybridized carbons (Fsp3) is 0.357. The van der Waals surface area contributed by atoms with E-state index in [1.54, 1.807) is 0 Å². The van der Waals surface area contributed by atoms with Gasteiger partial charge in [0.05, 0.1) is 0 Å². The van der Waals surface area contributed by atoms with Crippen molar-refractivity contribution in [3.8, 4) is 5.69 Å². The number of anilines is 1. The summed E-state index contributed by atoms with van der Waals surface area (Å²) >= 11 is 6.25. The Morgan fingerprint density at radius 1 is 1.00 bits per heavy atom. The number of para-hydroxylation sites is 1. The Bertz CT molecular complexity index is 515. The van der Waals surface area contributed by atoms with Crippen molar-refractivity contribution in [3.63, 3.8) is 0 Å². The van der Waals surface area contributed by atoms with Gasteiger partial charge in [-0.25, -0.2) is 4.98 Å². The minimum atomic E-state index is 0.598. The second-order valence-corrected chi connectivity index (χ2v) is 4.97. The highest BCUT2D eigenvalue weighted by atomic mass is 35.5. The molecule has 1 fully saturated rings. The van der Waals surface area contributed by atoms with Crippen molar-refractivity contribution in [2.75, 3.05) is 18.0 Å². The van der Waals surface area contributed by atoms with E-state index in [2.05, 4.69) is 26.6 Å². The number of piperidine rings is 1. The largest absolute Gasteiger partial charge is 0.355 e. The number of aromatic nitrogens is 2. The second kappa shape index (κ2) is 5.02. The summed E-state index contributed by atoms with van der Waals surface area (Å²) in [6, 6.07) is 10.2. The lowest BCUT2D eigenvalue weighted by Crippen LogP contribution is -2.31. The molecule has 3 nitrogen and oxygen atoms in total. The van der Waals surface area contributed by atoms with Crippen LogP contribution >= 0.6 is 11.6 Å². The molecule has 0 radical (unpaired) electrons. The van der Waals surface area contributed by atoms with E-state index in [1.807, 2.05) is 24.5 Å². The first-order valence-electron chi connectivity index (χ1n) is 6.39.